The molecule has 72 valence electrons. The maximum Gasteiger partial charge on any atom is 0.138 e. The Kier molecular flexibility index (Phi) is 4.56. The van der Waals surface area contributed by atoms with Gasteiger partial charge in [0.2, 0.25) is 0 Å². The molecule has 0 saturated carbocycles. The lowest BCUT2D eigenvalue weighted by molar-refractivity contribution is 0.146. The minimum atomic E-state index is 0.512. The summed E-state index contributed by atoms with van der Waals surface area (Å²) in [5, 5.41) is 0.602. The predicted molar refractivity (Wildman–Crippen MR) is 56.5 cm³/mol. The van der Waals surface area contributed by atoms with E-state index in [1.807, 2.05) is 12.1 Å². The molecule has 0 spiro atoms. The van der Waals surface area contributed by atoms with Crippen LogP contribution in [0.2, 0.25) is 5.02 Å². The van der Waals surface area contributed by atoms with Crippen molar-refractivity contribution in [2.45, 2.75) is 0 Å². The number of rotatable bonds is 4. The maximum atomic E-state index is 5.91. The first-order valence-corrected chi connectivity index (χ1v) is 4.98. The van der Waals surface area contributed by atoms with Gasteiger partial charge in [-0.2, -0.15) is 0 Å². The van der Waals surface area contributed by atoms with Crippen molar-refractivity contribution in [2.24, 2.45) is 0 Å². The second-order valence-electron chi connectivity index (χ2n) is 2.42. The molecule has 0 aromatic heterocycles. The number of hydrogen-bond acceptors (Lipinski definition) is 2. The Balaban J connectivity index is 2.56. The van der Waals surface area contributed by atoms with E-state index in [9.17, 15) is 0 Å². The van der Waals surface area contributed by atoms with Gasteiger partial charge < -0.3 is 9.47 Å². The van der Waals surface area contributed by atoms with Crippen LogP contribution in [-0.2, 0) is 4.74 Å². The van der Waals surface area contributed by atoms with Gasteiger partial charge in [-0.1, -0.05) is 27.5 Å². The molecule has 0 fully saturated rings. The molecule has 0 amide bonds. The molecular weight excluding hydrogens is 255 g/mol. The van der Waals surface area contributed by atoms with Gasteiger partial charge in [0, 0.05) is 11.6 Å². The Morgan fingerprint density at radius 2 is 2.15 bits per heavy atom. The molecule has 0 aliphatic carbocycles. The van der Waals surface area contributed by atoms with E-state index >= 15 is 0 Å². The number of benzene rings is 1. The van der Waals surface area contributed by atoms with Crippen LogP contribution in [0.5, 0.6) is 5.75 Å². The number of halogens is 2. The molecule has 0 radical (unpaired) electrons. The summed E-state index contributed by atoms with van der Waals surface area (Å²) in [7, 11) is 1.63. The van der Waals surface area contributed by atoms with E-state index in [2.05, 4.69) is 15.9 Å². The molecule has 0 heterocycles. The fourth-order valence-electron chi connectivity index (χ4n) is 0.827. The van der Waals surface area contributed by atoms with Crippen LogP contribution in [0.15, 0.2) is 22.7 Å². The zero-order chi connectivity index (χ0) is 9.68. The summed E-state index contributed by atoms with van der Waals surface area (Å²) in [5.41, 5.74) is 0. The molecular formula is C9H10BrClO2. The fourth-order valence-corrected chi connectivity index (χ4v) is 1.56. The predicted octanol–water partition coefficient (Wildman–Crippen LogP) is 3.13. The third kappa shape index (κ3) is 3.55. The van der Waals surface area contributed by atoms with Crippen LogP contribution >= 0.6 is 27.5 Å². The van der Waals surface area contributed by atoms with Crippen molar-refractivity contribution in [3.63, 3.8) is 0 Å². The smallest absolute Gasteiger partial charge is 0.138 e. The van der Waals surface area contributed by atoms with E-state index in [1.165, 1.54) is 0 Å². The van der Waals surface area contributed by atoms with Gasteiger partial charge in [-0.15, -0.1) is 0 Å². The highest BCUT2D eigenvalue weighted by molar-refractivity contribution is 9.10. The quantitative estimate of drug-likeness (QED) is 0.779. The highest BCUT2D eigenvalue weighted by Crippen LogP contribution is 2.27. The largest absolute Gasteiger partial charge is 0.490 e. The van der Waals surface area contributed by atoms with Crippen LogP contribution in [0.4, 0.5) is 0 Å². The summed E-state index contributed by atoms with van der Waals surface area (Å²) in [6.45, 7) is 1.07. The van der Waals surface area contributed by atoms with E-state index in [-0.39, 0.29) is 0 Å². The minimum Gasteiger partial charge on any atom is -0.490 e. The average molecular weight is 266 g/mol. The molecule has 4 heteroatoms. The van der Waals surface area contributed by atoms with Gasteiger partial charge in [0.05, 0.1) is 11.6 Å². The van der Waals surface area contributed by atoms with Gasteiger partial charge in [0.1, 0.15) is 12.4 Å². The lowest BCUT2D eigenvalue weighted by Gasteiger charge is -2.06. The zero-order valence-electron chi connectivity index (χ0n) is 7.22. The second-order valence-corrected chi connectivity index (χ2v) is 3.74. The molecule has 13 heavy (non-hydrogen) atoms. The normalized spacial score (nSPS) is 10.1. The van der Waals surface area contributed by atoms with Crippen LogP contribution in [0.3, 0.4) is 0 Å². The first-order valence-electron chi connectivity index (χ1n) is 3.81. The molecule has 2 nitrogen and oxygen atoms in total. The highest BCUT2D eigenvalue weighted by atomic mass is 79.9. The van der Waals surface area contributed by atoms with Crippen molar-refractivity contribution < 1.29 is 9.47 Å². The van der Waals surface area contributed by atoms with Gasteiger partial charge in [0.15, 0.2) is 0 Å². The minimum absolute atomic E-state index is 0.512. The Morgan fingerprint density at radius 1 is 1.38 bits per heavy atom. The molecule has 0 aliphatic rings. The van der Waals surface area contributed by atoms with Crippen molar-refractivity contribution in [1.82, 2.24) is 0 Å². The third-order valence-corrected chi connectivity index (χ3v) is 2.23. The Morgan fingerprint density at radius 3 is 2.77 bits per heavy atom. The molecule has 0 atom stereocenters. The Labute approximate surface area is 90.9 Å². The SMILES string of the molecule is COCCOc1ccc(Br)cc1Cl. The summed E-state index contributed by atoms with van der Waals surface area (Å²) in [6.07, 6.45) is 0. The number of methoxy groups -OCH3 is 1. The van der Waals surface area contributed by atoms with Crippen LogP contribution in [0.25, 0.3) is 0 Å². The van der Waals surface area contributed by atoms with Gasteiger partial charge in [-0.25, -0.2) is 0 Å². The first-order chi connectivity index (χ1) is 6.24. The molecule has 1 rings (SSSR count). The molecule has 0 bridgehead atoms. The standard InChI is InChI=1S/C9H10BrClO2/c1-12-4-5-13-9-3-2-7(10)6-8(9)11/h2-3,6H,4-5H2,1H3. The Bertz CT molecular complexity index is 278. The number of hydrogen-bond donors (Lipinski definition) is 0. The third-order valence-electron chi connectivity index (χ3n) is 1.44. The first kappa shape index (κ1) is 10.8. The summed E-state index contributed by atoms with van der Waals surface area (Å²) in [6, 6.07) is 5.50. The molecule has 0 N–H and O–H groups in total. The summed E-state index contributed by atoms with van der Waals surface area (Å²) >= 11 is 9.23. The highest BCUT2D eigenvalue weighted by Gasteiger charge is 2.00. The molecule has 0 saturated heterocycles. The molecule has 0 unspecified atom stereocenters. The Hall–Kier alpha value is -0.250. The van der Waals surface area contributed by atoms with Gasteiger partial charge >= 0.3 is 0 Å². The van der Waals surface area contributed by atoms with E-state index in [0.717, 1.165) is 4.47 Å². The summed E-state index contributed by atoms with van der Waals surface area (Å²) < 4.78 is 11.1. The van der Waals surface area contributed by atoms with Crippen molar-refractivity contribution in [2.75, 3.05) is 20.3 Å². The van der Waals surface area contributed by atoms with Crippen molar-refractivity contribution in [3.05, 3.63) is 27.7 Å². The van der Waals surface area contributed by atoms with Crippen molar-refractivity contribution in [3.8, 4) is 5.75 Å². The summed E-state index contributed by atoms with van der Waals surface area (Å²) in [5.74, 6) is 0.682. The number of ether oxygens (including phenoxy) is 2. The van der Waals surface area contributed by atoms with Crippen LogP contribution in [0, 0.1) is 0 Å². The maximum absolute atomic E-state index is 5.91. The molecule has 0 aliphatic heterocycles. The lowest BCUT2D eigenvalue weighted by Crippen LogP contribution is -2.04. The van der Waals surface area contributed by atoms with E-state index in [0.29, 0.717) is 24.0 Å². The second kappa shape index (κ2) is 5.47. The molecule has 1 aromatic rings. The van der Waals surface area contributed by atoms with E-state index in [1.54, 1.807) is 13.2 Å². The van der Waals surface area contributed by atoms with Crippen LogP contribution in [-0.4, -0.2) is 20.3 Å². The van der Waals surface area contributed by atoms with Gasteiger partial charge in [0.25, 0.3) is 0 Å². The topological polar surface area (TPSA) is 18.5 Å². The van der Waals surface area contributed by atoms with E-state index < -0.39 is 0 Å². The van der Waals surface area contributed by atoms with E-state index in [4.69, 9.17) is 21.1 Å². The fraction of sp³-hybridized carbons (Fsp3) is 0.333. The van der Waals surface area contributed by atoms with Gasteiger partial charge in [-0.3, -0.25) is 0 Å². The average Bonchev–Trinajstić information content (AvgIpc) is 2.09. The zero-order valence-corrected chi connectivity index (χ0v) is 9.56. The van der Waals surface area contributed by atoms with Crippen LogP contribution in [0.1, 0.15) is 0 Å². The van der Waals surface area contributed by atoms with Crippen LogP contribution < -0.4 is 4.74 Å². The lowest BCUT2D eigenvalue weighted by atomic mass is 10.3. The molecule has 1 aromatic carbocycles. The monoisotopic (exact) mass is 264 g/mol. The van der Waals surface area contributed by atoms with Crippen molar-refractivity contribution >= 4 is 27.5 Å². The van der Waals surface area contributed by atoms with Gasteiger partial charge in [-0.05, 0) is 18.2 Å². The summed E-state index contributed by atoms with van der Waals surface area (Å²) in [4.78, 5) is 0. The van der Waals surface area contributed by atoms with Crippen molar-refractivity contribution in [1.29, 1.82) is 0 Å².